The Balaban J connectivity index is 2.51. The van der Waals surface area contributed by atoms with Crippen LogP contribution in [0.4, 0.5) is 0 Å². The first-order valence-electron chi connectivity index (χ1n) is 3.97. The minimum atomic E-state index is -0.334. The average molecular weight is 175 g/mol. The van der Waals surface area contributed by atoms with Crippen molar-refractivity contribution in [3.05, 3.63) is 36.2 Å². The Kier molecular flexibility index (Phi) is 1.73. The molecular formula is C9H9N3O. The molecule has 0 bridgehead atoms. The number of hydrogen-bond donors (Lipinski definition) is 1. The van der Waals surface area contributed by atoms with Crippen molar-refractivity contribution in [2.24, 2.45) is 5.73 Å². The first-order chi connectivity index (χ1) is 6.27. The Hall–Kier alpha value is -1.84. The largest absolute Gasteiger partial charge is 0.369 e. The number of hydrogen-bond acceptors (Lipinski definition) is 2. The van der Waals surface area contributed by atoms with Gasteiger partial charge < -0.3 is 5.73 Å². The highest BCUT2D eigenvalue weighted by Gasteiger charge is 2.04. The number of carbonyl (C=O) groups is 1. The molecule has 0 atom stereocenters. The van der Waals surface area contributed by atoms with E-state index in [0.717, 1.165) is 11.1 Å². The average Bonchev–Trinajstić information content (AvgIpc) is 2.48. The van der Waals surface area contributed by atoms with Crippen molar-refractivity contribution in [3.8, 4) is 0 Å². The molecule has 2 aromatic rings. The van der Waals surface area contributed by atoms with Crippen LogP contribution in [-0.2, 0) is 11.2 Å². The number of carbonyl (C=O) groups excluding carboxylic acids is 1. The van der Waals surface area contributed by atoms with Crippen LogP contribution in [0.25, 0.3) is 5.52 Å². The van der Waals surface area contributed by atoms with E-state index in [1.165, 1.54) is 0 Å². The molecule has 13 heavy (non-hydrogen) atoms. The summed E-state index contributed by atoms with van der Waals surface area (Å²) in [6.07, 6.45) is 3.74. The maximum Gasteiger partial charge on any atom is 0.221 e. The summed E-state index contributed by atoms with van der Waals surface area (Å²) < 4.78 is 1.72. The number of rotatable bonds is 2. The van der Waals surface area contributed by atoms with Crippen LogP contribution in [0, 0.1) is 0 Å². The summed E-state index contributed by atoms with van der Waals surface area (Å²) >= 11 is 0. The Morgan fingerprint density at radius 1 is 1.54 bits per heavy atom. The van der Waals surface area contributed by atoms with Crippen molar-refractivity contribution in [3.63, 3.8) is 0 Å². The molecule has 0 radical (unpaired) electrons. The molecule has 2 rings (SSSR count). The second-order valence-corrected chi connectivity index (χ2v) is 2.84. The van der Waals surface area contributed by atoms with E-state index in [0.29, 0.717) is 0 Å². The molecule has 0 aliphatic rings. The van der Waals surface area contributed by atoms with Gasteiger partial charge in [-0.15, -0.1) is 0 Å². The number of aromatic nitrogens is 2. The van der Waals surface area contributed by atoms with Crippen LogP contribution in [0.15, 0.2) is 30.6 Å². The molecule has 0 aliphatic heterocycles. The molecule has 0 aromatic carbocycles. The summed E-state index contributed by atoms with van der Waals surface area (Å²) in [5.74, 6) is -0.334. The van der Waals surface area contributed by atoms with Gasteiger partial charge in [0.1, 0.15) is 0 Å². The number of nitrogens with two attached hydrogens (primary N) is 1. The fourth-order valence-corrected chi connectivity index (χ4v) is 1.31. The lowest BCUT2D eigenvalue weighted by Crippen LogP contribution is -2.13. The van der Waals surface area contributed by atoms with Gasteiger partial charge in [0.05, 0.1) is 18.1 Å². The van der Waals surface area contributed by atoms with Crippen molar-refractivity contribution in [1.82, 2.24) is 9.61 Å². The van der Waals surface area contributed by atoms with Crippen molar-refractivity contribution < 1.29 is 4.79 Å². The third-order valence-corrected chi connectivity index (χ3v) is 1.87. The maximum atomic E-state index is 10.7. The molecule has 0 saturated heterocycles. The molecule has 0 fully saturated rings. The Labute approximate surface area is 75.0 Å². The third-order valence-electron chi connectivity index (χ3n) is 1.87. The minimum Gasteiger partial charge on any atom is -0.369 e. The topological polar surface area (TPSA) is 60.4 Å². The zero-order chi connectivity index (χ0) is 9.26. The molecule has 0 aliphatic carbocycles. The second-order valence-electron chi connectivity index (χ2n) is 2.84. The smallest absolute Gasteiger partial charge is 0.221 e. The van der Waals surface area contributed by atoms with E-state index in [1.807, 2.05) is 24.4 Å². The highest BCUT2D eigenvalue weighted by molar-refractivity contribution is 5.79. The van der Waals surface area contributed by atoms with Crippen molar-refractivity contribution >= 4 is 11.4 Å². The lowest BCUT2D eigenvalue weighted by molar-refractivity contribution is -0.117. The SMILES string of the molecule is NC(=O)Cc1cnn2ccccc12. The maximum absolute atomic E-state index is 10.7. The molecule has 2 N–H and O–H groups in total. The van der Waals surface area contributed by atoms with Gasteiger partial charge in [-0.2, -0.15) is 5.10 Å². The number of fused-ring (bicyclic) bond motifs is 1. The van der Waals surface area contributed by atoms with Gasteiger partial charge in [0.15, 0.2) is 0 Å². The zero-order valence-electron chi connectivity index (χ0n) is 6.97. The summed E-state index contributed by atoms with van der Waals surface area (Å²) in [6, 6.07) is 5.70. The molecule has 1 amide bonds. The summed E-state index contributed by atoms with van der Waals surface area (Å²) in [4.78, 5) is 10.7. The highest BCUT2D eigenvalue weighted by atomic mass is 16.1. The fourth-order valence-electron chi connectivity index (χ4n) is 1.31. The highest BCUT2D eigenvalue weighted by Crippen LogP contribution is 2.09. The van der Waals surface area contributed by atoms with E-state index in [9.17, 15) is 4.79 Å². The van der Waals surface area contributed by atoms with Crippen molar-refractivity contribution in [1.29, 1.82) is 0 Å². The lowest BCUT2D eigenvalue weighted by atomic mass is 10.2. The molecule has 2 aromatic heterocycles. The Morgan fingerprint density at radius 3 is 3.15 bits per heavy atom. The predicted octanol–water partition coefficient (Wildman–Crippen LogP) is 0.362. The summed E-state index contributed by atoms with van der Waals surface area (Å²) in [7, 11) is 0. The molecule has 4 nitrogen and oxygen atoms in total. The summed E-state index contributed by atoms with van der Waals surface area (Å²) in [5, 5.41) is 4.08. The van der Waals surface area contributed by atoms with E-state index in [-0.39, 0.29) is 12.3 Å². The molecule has 2 heterocycles. The quantitative estimate of drug-likeness (QED) is 0.716. The van der Waals surface area contributed by atoms with E-state index in [2.05, 4.69) is 5.10 Å². The van der Waals surface area contributed by atoms with Crippen LogP contribution in [0.2, 0.25) is 0 Å². The first-order valence-corrected chi connectivity index (χ1v) is 3.97. The van der Waals surface area contributed by atoms with Crippen LogP contribution >= 0.6 is 0 Å². The van der Waals surface area contributed by atoms with Crippen LogP contribution < -0.4 is 5.73 Å². The van der Waals surface area contributed by atoms with Crippen LogP contribution in [0.5, 0.6) is 0 Å². The van der Waals surface area contributed by atoms with Crippen LogP contribution in [0.1, 0.15) is 5.56 Å². The number of amides is 1. The van der Waals surface area contributed by atoms with E-state index >= 15 is 0 Å². The normalized spacial score (nSPS) is 10.5. The Bertz CT molecular complexity index is 447. The van der Waals surface area contributed by atoms with Gasteiger partial charge in [0.2, 0.25) is 5.91 Å². The standard InChI is InChI=1S/C9H9N3O/c10-9(13)5-7-6-11-12-4-2-1-3-8(7)12/h1-4,6H,5H2,(H2,10,13). The van der Waals surface area contributed by atoms with Gasteiger partial charge in [-0.3, -0.25) is 4.79 Å². The number of pyridine rings is 1. The minimum absolute atomic E-state index is 0.244. The van der Waals surface area contributed by atoms with Gasteiger partial charge in [-0.25, -0.2) is 4.52 Å². The molecule has 66 valence electrons. The lowest BCUT2D eigenvalue weighted by Gasteiger charge is -1.94. The van der Waals surface area contributed by atoms with Crippen LogP contribution in [-0.4, -0.2) is 15.5 Å². The van der Waals surface area contributed by atoms with Gasteiger partial charge in [0, 0.05) is 11.8 Å². The van der Waals surface area contributed by atoms with Gasteiger partial charge in [-0.1, -0.05) is 6.07 Å². The Morgan fingerprint density at radius 2 is 2.38 bits per heavy atom. The molecule has 0 unspecified atom stereocenters. The number of primary amides is 1. The van der Waals surface area contributed by atoms with E-state index < -0.39 is 0 Å². The summed E-state index contributed by atoms with van der Waals surface area (Å²) in [5.41, 5.74) is 6.90. The van der Waals surface area contributed by atoms with Gasteiger partial charge in [-0.05, 0) is 12.1 Å². The fraction of sp³-hybridized carbons (Fsp3) is 0.111. The zero-order valence-corrected chi connectivity index (χ0v) is 6.97. The monoisotopic (exact) mass is 175 g/mol. The van der Waals surface area contributed by atoms with Crippen LogP contribution in [0.3, 0.4) is 0 Å². The number of nitrogens with zero attached hydrogens (tertiary/aromatic N) is 2. The molecule has 0 saturated carbocycles. The van der Waals surface area contributed by atoms with Crippen molar-refractivity contribution in [2.75, 3.05) is 0 Å². The second kappa shape index (κ2) is 2.90. The predicted molar refractivity (Wildman–Crippen MR) is 48.1 cm³/mol. The van der Waals surface area contributed by atoms with Gasteiger partial charge >= 0.3 is 0 Å². The van der Waals surface area contributed by atoms with Gasteiger partial charge in [0.25, 0.3) is 0 Å². The molecule has 4 heteroatoms. The summed E-state index contributed by atoms with van der Waals surface area (Å²) in [6.45, 7) is 0. The molecule has 0 spiro atoms. The van der Waals surface area contributed by atoms with E-state index in [4.69, 9.17) is 5.73 Å². The van der Waals surface area contributed by atoms with Crippen molar-refractivity contribution in [2.45, 2.75) is 6.42 Å². The first kappa shape index (κ1) is 7.79. The third kappa shape index (κ3) is 1.38. The van der Waals surface area contributed by atoms with E-state index in [1.54, 1.807) is 10.7 Å². The molecular weight excluding hydrogens is 166 g/mol.